The van der Waals surface area contributed by atoms with E-state index in [-0.39, 0.29) is 17.3 Å². The largest absolute Gasteiger partial charge is 0.293 e. The van der Waals surface area contributed by atoms with Crippen LogP contribution in [0.5, 0.6) is 0 Å². The third kappa shape index (κ3) is 3.38. The molecule has 0 saturated carbocycles. The molecule has 0 saturated heterocycles. The molecule has 0 N–H and O–H groups in total. The van der Waals surface area contributed by atoms with Gasteiger partial charge in [-0.15, -0.1) is 0 Å². The number of fused-ring (bicyclic) bond motifs is 1. The van der Waals surface area contributed by atoms with Gasteiger partial charge in [0.1, 0.15) is 6.07 Å². The summed E-state index contributed by atoms with van der Waals surface area (Å²) in [5.41, 5.74) is 1.14. The number of hydrogen-bond donors (Lipinski definition) is 0. The zero-order valence-corrected chi connectivity index (χ0v) is 12.5. The van der Waals surface area contributed by atoms with Gasteiger partial charge >= 0.3 is 0 Å². The lowest BCUT2D eigenvalue weighted by atomic mass is 9.92. The van der Waals surface area contributed by atoms with Crippen LogP contribution in [0.3, 0.4) is 0 Å². The average Bonchev–Trinajstić information content (AvgIpc) is 2.53. The molecule has 0 atom stereocenters. The predicted octanol–water partition coefficient (Wildman–Crippen LogP) is 4.75. The molecule has 0 spiro atoms. The van der Waals surface area contributed by atoms with E-state index in [1.807, 2.05) is 56.3 Å². The zero-order valence-electron chi connectivity index (χ0n) is 12.5. The van der Waals surface area contributed by atoms with Crippen LogP contribution in [0.1, 0.15) is 32.3 Å². The summed E-state index contributed by atoms with van der Waals surface area (Å²) in [5.74, 6) is -0.105. The summed E-state index contributed by atoms with van der Waals surface area (Å²) in [6.45, 7) is 3.97. The predicted molar refractivity (Wildman–Crippen MR) is 86.6 cm³/mol. The Labute approximate surface area is 125 Å². The van der Waals surface area contributed by atoms with Gasteiger partial charge in [-0.25, -0.2) is 0 Å². The first-order valence-corrected chi connectivity index (χ1v) is 7.34. The molecule has 0 fully saturated rings. The highest BCUT2D eigenvalue weighted by Gasteiger charge is 2.18. The molecule has 0 aliphatic heterocycles. The van der Waals surface area contributed by atoms with Gasteiger partial charge in [-0.3, -0.25) is 4.79 Å². The first kappa shape index (κ1) is 15.0. The third-order valence-corrected chi connectivity index (χ3v) is 3.83. The SMILES string of the molecule is CCC(CC)C(=O)C(C#N)=Cc1ccc2ccccc2c1. The third-order valence-electron chi connectivity index (χ3n) is 3.83. The summed E-state index contributed by atoms with van der Waals surface area (Å²) in [6.07, 6.45) is 3.24. The monoisotopic (exact) mass is 277 g/mol. The van der Waals surface area contributed by atoms with Crippen molar-refractivity contribution < 1.29 is 4.79 Å². The van der Waals surface area contributed by atoms with Gasteiger partial charge in [0.05, 0.1) is 5.57 Å². The van der Waals surface area contributed by atoms with Gasteiger partial charge in [0.25, 0.3) is 0 Å². The molecule has 0 aromatic heterocycles. The van der Waals surface area contributed by atoms with Crippen LogP contribution < -0.4 is 0 Å². The number of carbonyl (C=O) groups excluding carboxylic acids is 1. The minimum atomic E-state index is -0.0589. The van der Waals surface area contributed by atoms with Crippen molar-refractivity contribution >= 4 is 22.6 Å². The van der Waals surface area contributed by atoms with Crippen LogP contribution in [-0.2, 0) is 4.79 Å². The van der Waals surface area contributed by atoms with Crippen LogP contribution in [-0.4, -0.2) is 5.78 Å². The Morgan fingerprint density at radius 3 is 2.43 bits per heavy atom. The number of carbonyl (C=O) groups is 1. The van der Waals surface area contributed by atoms with E-state index in [0.29, 0.717) is 0 Å². The second-order valence-corrected chi connectivity index (χ2v) is 5.15. The molecular formula is C19H19NO. The van der Waals surface area contributed by atoms with Gasteiger partial charge < -0.3 is 0 Å². The first-order valence-electron chi connectivity index (χ1n) is 7.34. The summed E-state index contributed by atoms with van der Waals surface area (Å²) < 4.78 is 0. The molecule has 2 nitrogen and oxygen atoms in total. The van der Waals surface area contributed by atoms with E-state index in [4.69, 9.17) is 0 Å². The van der Waals surface area contributed by atoms with E-state index in [2.05, 4.69) is 6.07 Å². The summed E-state index contributed by atoms with van der Waals surface area (Å²) in [4.78, 5) is 12.3. The molecule has 0 radical (unpaired) electrons. The molecular weight excluding hydrogens is 258 g/mol. The number of hydrogen-bond acceptors (Lipinski definition) is 2. The van der Waals surface area contributed by atoms with E-state index < -0.39 is 0 Å². The maximum absolute atomic E-state index is 12.3. The molecule has 0 amide bonds. The fourth-order valence-corrected chi connectivity index (χ4v) is 2.50. The Kier molecular flexibility index (Phi) is 4.90. The number of nitriles is 1. The van der Waals surface area contributed by atoms with Crippen molar-refractivity contribution in [2.75, 3.05) is 0 Å². The van der Waals surface area contributed by atoms with Crippen LogP contribution in [0, 0.1) is 17.2 Å². The van der Waals surface area contributed by atoms with Gasteiger partial charge in [-0.2, -0.15) is 5.26 Å². The second kappa shape index (κ2) is 6.85. The number of benzene rings is 2. The maximum Gasteiger partial charge on any atom is 0.176 e. The van der Waals surface area contributed by atoms with E-state index in [9.17, 15) is 10.1 Å². The topological polar surface area (TPSA) is 40.9 Å². The highest BCUT2D eigenvalue weighted by Crippen LogP contribution is 2.20. The van der Waals surface area contributed by atoms with Crippen LogP contribution in [0.25, 0.3) is 16.8 Å². The molecule has 2 aromatic carbocycles. The van der Waals surface area contributed by atoms with Gasteiger partial charge in [-0.05, 0) is 41.3 Å². The molecule has 0 unspecified atom stereocenters. The minimum absolute atomic E-state index is 0.0457. The normalized spacial score (nSPS) is 11.6. The van der Waals surface area contributed by atoms with Crippen molar-refractivity contribution in [2.24, 2.45) is 5.92 Å². The van der Waals surface area contributed by atoms with Crippen LogP contribution in [0.2, 0.25) is 0 Å². The molecule has 0 heterocycles. The number of Topliss-reactive ketones (excluding diaryl/α,β-unsaturated/α-hetero) is 1. The lowest BCUT2D eigenvalue weighted by Crippen LogP contribution is -2.14. The Morgan fingerprint density at radius 2 is 1.81 bits per heavy atom. The Bertz CT molecular complexity index is 718. The van der Waals surface area contributed by atoms with Crippen molar-refractivity contribution in [3.63, 3.8) is 0 Å². The number of rotatable bonds is 5. The number of ketones is 1. The molecule has 21 heavy (non-hydrogen) atoms. The summed E-state index contributed by atoms with van der Waals surface area (Å²) in [6, 6.07) is 16.1. The van der Waals surface area contributed by atoms with E-state index in [0.717, 1.165) is 29.2 Å². The minimum Gasteiger partial charge on any atom is -0.293 e. The van der Waals surface area contributed by atoms with Gasteiger partial charge in [0.2, 0.25) is 0 Å². The maximum atomic E-state index is 12.3. The molecule has 2 heteroatoms. The molecule has 2 rings (SSSR count). The number of nitrogens with zero attached hydrogens (tertiary/aromatic N) is 1. The van der Waals surface area contributed by atoms with Crippen molar-refractivity contribution in [1.82, 2.24) is 0 Å². The van der Waals surface area contributed by atoms with E-state index >= 15 is 0 Å². The summed E-state index contributed by atoms with van der Waals surface area (Å²) in [5, 5.41) is 11.5. The lowest BCUT2D eigenvalue weighted by molar-refractivity contribution is -0.118. The van der Waals surface area contributed by atoms with Crippen LogP contribution in [0.15, 0.2) is 48.0 Å². The Balaban J connectivity index is 2.38. The Morgan fingerprint density at radius 1 is 1.14 bits per heavy atom. The summed E-state index contributed by atoms with van der Waals surface area (Å²) in [7, 11) is 0. The smallest absolute Gasteiger partial charge is 0.176 e. The first-order chi connectivity index (χ1) is 10.2. The molecule has 0 aliphatic rings. The molecule has 0 bridgehead atoms. The molecule has 0 aliphatic carbocycles. The van der Waals surface area contributed by atoms with Crippen LogP contribution in [0.4, 0.5) is 0 Å². The van der Waals surface area contributed by atoms with Crippen LogP contribution >= 0.6 is 0 Å². The van der Waals surface area contributed by atoms with Gasteiger partial charge in [-0.1, -0.05) is 50.2 Å². The highest BCUT2D eigenvalue weighted by molar-refractivity contribution is 6.04. The zero-order chi connectivity index (χ0) is 15.2. The quantitative estimate of drug-likeness (QED) is 0.584. The van der Waals surface area contributed by atoms with Crippen molar-refractivity contribution in [1.29, 1.82) is 5.26 Å². The number of allylic oxidation sites excluding steroid dienone is 1. The van der Waals surface area contributed by atoms with Gasteiger partial charge in [0.15, 0.2) is 5.78 Å². The standard InChI is InChI=1S/C19H19NO/c1-3-15(4-2)19(21)18(13-20)12-14-9-10-16-7-5-6-8-17(16)11-14/h5-12,15H,3-4H2,1-2H3. The van der Waals surface area contributed by atoms with Gasteiger partial charge in [0, 0.05) is 5.92 Å². The fraction of sp³-hybridized carbons (Fsp3) is 0.263. The van der Waals surface area contributed by atoms with E-state index in [1.54, 1.807) is 6.08 Å². The highest BCUT2D eigenvalue weighted by atomic mass is 16.1. The van der Waals surface area contributed by atoms with Crippen molar-refractivity contribution in [2.45, 2.75) is 26.7 Å². The fourth-order valence-electron chi connectivity index (χ4n) is 2.50. The average molecular weight is 277 g/mol. The second-order valence-electron chi connectivity index (χ2n) is 5.15. The molecule has 106 valence electrons. The van der Waals surface area contributed by atoms with Crippen molar-refractivity contribution in [3.8, 4) is 6.07 Å². The van der Waals surface area contributed by atoms with Crippen molar-refractivity contribution in [3.05, 3.63) is 53.6 Å². The van der Waals surface area contributed by atoms with E-state index in [1.165, 1.54) is 0 Å². The molecule has 2 aromatic rings. The summed E-state index contributed by atoms with van der Waals surface area (Å²) >= 11 is 0. The Hall–Kier alpha value is -2.40. The lowest BCUT2D eigenvalue weighted by Gasteiger charge is -2.09.